The Morgan fingerprint density at radius 3 is 2.82 bits per heavy atom. The van der Waals surface area contributed by atoms with Crippen LogP contribution in [0.15, 0.2) is 22.9 Å². The Bertz CT molecular complexity index is 703. The van der Waals surface area contributed by atoms with E-state index in [9.17, 15) is 4.79 Å². The molecular formula is C15H19BrN4O2. The molecule has 3 rings (SSSR count). The zero-order chi connectivity index (χ0) is 15.9. The summed E-state index contributed by atoms with van der Waals surface area (Å²) >= 11 is 3.40. The molecule has 0 atom stereocenters. The van der Waals surface area contributed by atoms with Gasteiger partial charge in [0.15, 0.2) is 11.5 Å². The number of nitrogens with zero attached hydrogens (tertiary/aromatic N) is 4. The van der Waals surface area contributed by atoms with E-state index in [1.165, 1.54) is 0 Å². The number of fused-ring (bicyclic) bond motifs is 1. The molecule has 1 amide bonds. The number of amides is 1. The lowest BCUT2D eigenvalue weighted by Gasteiger charge is -2.26. The van der Waals surface area contributed by atoms with Crippen LogP contribution >= 0.6 is 15.9 Å². The molecule has 22 heavy (non-hydrogen) atoms. The van der Waals surface area contributed by atoms with Gasteiger partial charge in [0.1, 0.15) is 10.2 Å². The molecule has 1 fully saturated rings. The van der Waals surface area contributed by atoms with Crippen LogP contribution in [0.2, 0.25) is 0 Å². The molecule has 0 radical (unpaired) electrons. The molecule has 118 valence electrons. The number of hydrogen-bond acceptors (Lipinski definition) is 4. The first-order valence-electron chi connectivity index (χ1n) is 7.34. The molecule has 0 saturated heterocycles. The minimum Gasteiger partial charge on any atom is -0.443 e. The Labute approximate surface area is 137 Å². The Morgan fingerprint density at radius 1 is 1.45 bits per heavy atom. The van der Waals surface area contributed by atoms with Crippen LogP contribution in [0.25, 0.3) is 5.65 Å². The van der Waals surface area contributed by atoms with E-state index < -0.39 is 5.60 Å². The molecule has 1 saturated carbocycles. The molecule has 2 heterocycles. The van der Waals surface area contributed by atoms with E-state index in [1.54, 1.807) is 21.7 Å². The average molecular weight is 367 g/mol. The first-order valence-corrected chi connectivity index (χ1v) is 8.13. The third-order valence-electron chi connectivity index (χ3n) is 3.33. The Hall–Kier alpha value is -1.63. The van der Waals surface area contributed by atoms with Gasteiger partial charge in [-0.3, -0.25) is 4.90 Å². The quantitative estimate of drug-likeness (QED) is 0.831. The Morgan fingerprint density at radius 2 is 2.18 bits per heavy atom. The highest BCUT2D eigenvalue weighted by Crippen LogP contribution is 2.32. The van der Waals surface area contributed by atoms with Crippen LogP contribution in [0.1, 0.15) is 33.6 Å². The maximum atomic E-state index is 12.5. The molecule has 0 aromatic carbocycles. The number of hydrogen-bond donors (Lipinski definition) is 0. The topological polar surface area (TPSA) is 59.7 Å². The van der Waals surface area contributed by atoms with Gasteiger partial charge in [-0.1, -0.05) is 0 Å². The number of ether oxygens (including phenoxy) is 1. The lowest BCUT2D eigenvalue weighted by molar-refractivity contribution is 0.0577. The summed E-state index contributed by atoms with van der Waals surface area (Å²) in [7, 11) is 0. The number of anilines is 1. The van der Waals surface area contributed by atoms with Crippen molar-refractivity contribution in [3.8, 4) is 0 Å². The van der Waals surface area contributed by atoms with Gasteiger partial charge in [-0.25, -0.2) is 14.3 Å². The molecule has 7 heteroatoms. The predicted octanol–water partition coefficient (Wildman–Crippen LogP) is 3.64. The third kappa shape index (κ3) is 3.40. The second-order valence-electron chi connectivity index (χ2n) is 6.58. The summed E-state index contributed by atoms with van der Waals surface area (Å²) in [6.45, 7) is 6.23. The molecule has 0 unspecified atom stereocenters. The molecule has 0 N–H and O–H groups in total. The molecule has 1 aliphatic carbocycles. The minimum atomic E-state index is -0.529. The first-order chi connectivity index (χ1) is 10.3. The fraction of sp³-hybridized carbons (Fsp3) is 0.533. The lowest BCUT2D eigenvalue weighted by atomic mass is 10.2. The second-order valence-corrected chi connectivity index (χ2v) is 7.39. The fourth-order valence-corrected chi connectivity index (χ4v) is 2.48. The lowest BCUT2D eigenvalue weighted by Crippen LogP contribution is -2.38. The number of carbonyl (C=O) groups excluding carboxylic acids is 1. The molecule has 2 aromatic heterocycles. The molecule has 1 aliphatic rings. The van der Waals surface area contributed by atoms with Gasteiger partial charge in [0.05, 0.1) is 6.20 Å². The van der Waals surface area contributed by atoms with Crippen LogP contribution in [-0.2, 0) is 4.74 Å². The van der Waals surface area contributed by atoms with Gasteiger partial charge in [-0.15, -0.1) is 5.10 Å². The molecule has 6 nitrogen and oxygen atoms in total. The maximum Gasteiger partial charge on any atom is 0.416 e. The van der Waals surface area contributed by atoms with Crippen molar-refractivity contribution in [2.75, 3.05) is 11.4 Å². The number of carbonyl (C=O) groups is 1. The number of halogens is 1. The van der Waals surface area contributed by atoms with E-state index in [4.69, 9.17) is 4.74 Å². The zero-order valence-corrected chi connectivity index (χ0v) is 14.5. The van der Waals surface area contributed by atoms with Crippen LogP contribution in [0.3, 0.4) is 0 Å². The van der Waals surface area contributed by atoms with Crippen molar-refractivity contribution >= 4 is 33.5 Å². The van der Waals surface area contributed by atoms with Gasteiger partial charge in [0, 0.05) is 6.54 Å². The SMILES string of the molecule is CC(C)(C)OC(=O)N(CC1CC1)c1ccc2ncc(Br)n2n1. The van der Waals surface area contributed by atoms with Crippen molar-refractivity contribution in [1.82, 2.24) is 14.6 Å². The van der Waals surface area contributed by atoms with E-state index in [0.717, 1.165) is 23.1 Å². The van der Waals surface area contributed by atoms with Gasteiger partial charge < -0.3 is 4.74 Å². The summed E-state index contributed by atoms with van der Waals surface area (Å²) in [5.74, 6) is 1.11. The molecule has 0 spiro atoms. The van der Waals surface area contributed by atoms with Crippen molar-refractivity contribution in [3.63, 3.8) is 0 Å². The van der Waals surface area contributed by atoms with Gasteiger partial charge in [-0.05, 0) is 67.6 Å². The summed E-state index contributed by atoms with van der Waals surface area (Å²) in [4.78, 5) is 18.3. The molecular weight excluding hydrogens is 348 g/mol. The van der Waals surface area contributed by atoms with Crippen molar-refractivity contribution < 1.29 is 9.53 Å². The fourth-order valence-electron chi connectivity index (χ4n) is 2.12. The van der Waals surface area contributed by atoms with E-state index in [1.807, 2.05) is 26.8 Å². The van der Waals surface area contributed by atoms with Crippen molar-refractivity contribution in [3.05, 3.63) is 22.9 Å². The van der Waals surface area contributed by atoms with Crippen LogP contribution in [-0.4, -0.2) is 32.8 Å². The van der Waals surface area contributed by atoms with Crippen molar-refractivity contribution in [1.29, 1.82) is 0 Å². The van der Waals surface area contributed by atoms with E-state index >= 15 is 0 Å². The van der Waals surface area contributed by atoms with Gasteiger partial charge >= 0.3 is 6.09 Å². The number of aromatic nitrogens is 3. The van der Waals surface area contributed by atoms with Crippen LogP contribution in [0.5, 0.6) is 0 Å². The number of imidazole rings is 1. The number of rotatable bonds is 3. The highest BCUT2D eigenvalue weighted by atomic mass is 79.9. The van der Waals surface area contributed by atoms with Crippen LogP contribution < -0.4 is 4.90 Å². The molecule has 2 aromatic rings. The third-order valence-corrected chi connectivity index (χ3v) is 3.88. The summed E-state index contributed by atoms with van der Waals surface area (Å²) in [6, 6.07) is 3.65. The second kappa shape index (κ2) is 5.53. The van der Waals surface area contributed by atoms with Crippen molar-refractivity contribution in [2.45, 2.75) is 39.2 Å². The normalized spacial score (nSPS) is 15.1. The Balaban J connectivity index is 1.92. The van der Waals surface area contributed by atoms with Gasteiger partial charge in [-0.2, -0.15) is 0 Å². The van der Waals surface area contributed by atoms with E-state index in [-0.39, 0.29) is 6.09 Å². The molecule has 0 bridgehead atoms. The summed E-state index contributed by atoms with van der Waals surface area (Å²) < 4.78 is 7.93. The molecule has 0 aliphatic heterocycles. The standard InChI is InChI=1S/C15H19BrN4O2/c1-15(2,3)22-14(21)19(9-10-4-5-10)13-7-6-12-17-8-11(16)20(12)18-13/h6-8,10H,4-5,9H2,1-3H3. The predicted molar refractivity (Wildman–Crippen MR) is 87.0 cm³/mol. The largest absolute Gasteiger partial charge is 0.443 e. The van der Waals surface area contributed by atoms with Gasteiger partial charge in [0.25, 0.3) is 0 Å². The Kier molecular flexibility index (Phi) is 3.84. The average Bonchev–Trinajstić information content (AvgIpc) is 3.18. The monoisotopic (exact) mass is 366 g/mol. The summed E-state index contributed by atoms with van der Waals surface area (Å²) in [5.41, 5.74) is 0.199. The van der Waals surface area contributed by atoms with Crippen LogP contribution in [0.4, 0.5) is 10.6 Å². The zero-order valence-electron chi connectivity index (χ0n) is 12.9. The van der Waals surface area contributed by atoms with Crippen LogP contribution in [0, 0.1) is 5.92 Å². The van der Waals surface area contributed by atoms with E-state index in [0.29, 0.717) is 18.3 Å². The first kappa shape index (κ1) is 15.3. The van der Waals surface area contributed by atoms with Gasteiger partial charge in [0.2, 0.25) is 0 Å². The van der Waals surface area contributed by atoms with E-state index in [2.05, 4.69) is 26.0 Å². The smallest absolute Gasteiger partial charge is 0.416 e. The minimum absolute atomic E-state index is 0.359. The maximum absolute atomic E-state index is 12.5. The van der Waals surface area contributed by atoms with Crippen molar-refractivity contribution in [2.24, 2.45) is 5.92 Å². The highest BCUT2D eigenvalue weighted by molar-refractivity contribution is 9.10. The highest BCUT2D eigenvalue weighted by Gasteiger charge is 2.31. The summed E-state index contributed by atoms with van der Waals surface area (Å²) in [5, 5.41) is 4.50. The summed E-state index contributed by atoms with van der Waals surface area (Å²) in [6.07, 6.45) is 3.62.